The first kappa shape index (κ1) is 13.6. The van der Waals surface area contributed by atoms with Gasteiger partial charge in [0.2, 0.25) is 0 Å². The van der Waals surface area contributed by atoms with Gasteiger partial charge in [0.1, 0.15) is 0 Å². The van der Waals surface area contributed by atoms with Crippen molar-refractivity contribution in [3.63, 3.8) is 0 Å². The summed E-state index contributed by atoms with van der Waals surface area (Å²) in [5, 5.41) is 3.82. The number of benzene rings is 1. The lowest BCUT2D eigenvalue weighted by Crippen LogP contribution is -2.16. The van der Waals surface area contributed by atoms with E-state index in [1.54, 1.807) is 12.1 Å². The molecule has 1 heterocycles. The number of nitrogens with two attached hydrogens (primary N) is 1. The number of aryl methyl sites for hydroxylation is 2. The topological polar surface area (TPSA) is 43.8 Å². The highest BCUT2D eigenvalue weighted by Crippen LogP contribution is 2.33. The highest BCUT2D eigenvalue weighted by molar-refractivity contribution is 5.41. The van der Waals surface area contributed by atoms with Gasteiger partial charge in [-0.3, -0.25) is 0 Å². The highest BCUT2D eigenvalue weighted by atomic mass is 19.4. The van der Waals surface area contributed by atoms with Gasteiger partial charge in [0.25, 0.3) is 0 Å². The smallest absolute Gasteiger partial charge is 0.326 e. The lowest BCUT2D eigenvalue weighted by atomic mass is 10.1. The molecule has 0 saturated carbocycles. The fourth-order valence-corrected chi connectivity index (χ4v) is 2.10. The summed E-state index contributed by atoms with van der Waals surface area (Å²) in [5.41, 5.74) is 6.69. The molecular weight excluding hydrogens is 255 g/mol. The zero-order chi connectivity index (χ0) is 14.2. The van der Waals surface area contributed by atoms with E-state index in [-0.39, 0.29) is 12.1 Å². The molecule has 1 aromatic carbocycles. The molecule has 0 aliphatic carbocycles. The fourth-order valence-electron chi connectivity index (χ4n) is 2.10. The van der Waals surface area contributed by atoms with Crippen molar-refractivity contribution < 1.29 is 13.2 Å². The molecule has 0 amide bonds. The molecule has 0 aliphatic heterocycles. The summed E-state index contributed by atoms with van der Waals surface area (Å²) in [6, 6.07) is 5.22. The molecule has 0 radical (unpaired) electrons. The standard InChI is InChI=1S/C13H14F3N3/c1-8-3-9(2)5-11(4-8)19-12(13(14,15)16)10(6-17)7-18-19/h3-5,7H,6,17H2,1-2H3. The maximum absolute atomic E-state index is 13.1. The van der Waals surface area contributed by atoms with Gasteiger partial charge in [-0.1, -0.05) is 6.07 Å². The first-order chi connectivity index (χ1) is 8.82. The Labute approximate surface area is 108 Å². The van der Waals surface area contributed by atoms with Crippen molar-refractivity contribution in [3.8, 4) is 5.69 Å². The fraction of sp³-hybridized carbons (Fsp3) is 0.308. The van der Waals surface area contributed by atoms with Gasteiger partial charge in [-0.2, -0.15) is 18.3 Å². The first-order valence-corrected chi connectivity index (χ1v) is 5.75. The molecule has 0 unspecified atom stereocenters. The Morgan fingerprint density at radius 3 is 2.21 bits per heavy atom. The molecule has 6 heteroatoms. The van der Waals surface area contributed by atoms with E-state index < -0.39 is 11.9 Å². The second-order valence-electron chi connectivity index (χ2n) is 4.48. The third-order valence-electron chi connectivity index (χ3n) is 2.78. The van der Waals surface area contributed by atoms with Gasteiger partial charge in [0, 0.05) is 12.1 Å². The second-order valence-corrected chi connectivity index (χ2v) is 4.48. The van der Waals surface area contributed by atoms with Crippen molar-refractivity contribution >= 4 is 0 Å². The van der Waals surface area contributed by atoms with Crippen LogP contribution in [0, 0.1) is 13.8 Å². The van der Waals surface area contributed by atoms with Crippen molar-refractivity contribution in [1.29, 1.82) is 0 Å². The van der Waals surface area contributed by atoms with Crippen LogP contribution < -0.4 is 5.73 Å². The highest BCUT2D eigenvalue weighted by Gasteiger charge is 2.38. The van der Waals surface area contributed by atoms with E-state index in [0.717, 1.165) is 15.8 Å². The van der Waals surface area contributed by atoms with Gasteiger partial charge in [-0.05, 0) is 37.1 Å². The van der Waals surface area contributed by atoms with Gasteiger partial charge in [0.05, 0.1) is 11.9 Å². The molecule has 0 saturated heterocycles. The maximum Gasteiger partial charge on any atom is 0.433 e. The SMILES string of the molecule is Cc1cc(C)cc(-n2ncc(CN)c2C(F)(F)F)c1. The molecule has 0 fully saturated rings. The zero-order valence-corrected chi connectivity index (χ0v) is 10.6. The second kappa shape index (κ2) is 4.70. The number of rotatable bonds is 2. The third kappa shape index (κ3) is 2.63. The van der Waals surface area contributed by atoms with E-state index in [0.29, 0.717) is 5.69 Å². The predicted octanol–water partition coefficient (Wildman–Crippen LogP) is 2.97. The van der Waals surface area contributed by atoms with E-state index in [9.17, 15) is 13.2 Å². The molecule has 0 spiro atoms. The quantitative estimate of drug-likeness (QED) is 0.910. The van der Waals surface area contributed by atoms with Crippen LogP contribution >= 0.6 is 0 Å². The summed E-state index contributed by atoms with van der Waals surface area (Å²) in [6.07, 6.45) is -3.32. The number of nitrogens with zero attached hydrogens (tertiary/aromatic N) is 2. The predicted molar refractivity (Wildman–Crippen MR) is 65.9 cm³/mol. The Morgan fingerprint density at radius 1 is 1.16 bits per heavy atom. The summed E-state index contributed by atoms with van der Waals surface area (Å²) in [7, 11) is 0. The van der Waals surface area contributed by atoms with Crippen LogP contribution in [0.1, 0.15) is 22.4 Å². The number of alkyl halides is 3. The molecule has 19 heavy (non-hydrogen) atoms. The normalized spacial score (nSPS) is 11.9. The Balaban J connectivity index is 2.66. The minimum Gasteiger partial charge on any atom is -0.326 e. The molecule has 2 rings (SSSR count). The van der Waals surface area contributed by atoms with Crippen molar-refractivity contribution in [2.45, 2.75) is 26.6 Å². The molecular formula is C13H14F3N3. The Bertz CT molecular complexity index is 579. The molecule has 1 aromatic heterocycles. The van der Waals surface area contributed by atoms with Crippen LogP contribution in [0.3, 0.4) is 0 Å². The summed E-state index contributed by atoms with van der Waals surface area (Å²) < 4.78 is 40.2. The van der Waals surface area contributed by atoms with Crippen molar-refractivity contribution in [1.82, 2.24) is 9.78 Å². The molecule has 0 bridgehead atoms. The Morgan fingerprint density at radius 2 is 1.74 bits per heavy atom. The largest absolute Gasteiger partial charge is 0.433 e. The van der Waals surface area contributed by atoms with Crippen LogP contribution in [0.25, 0.3) is 5.69 Å². The van der Waals surface area contributed by atoms with Crippen LogP contribution in [0.5, 0.6) is 0 Å². The van der Waals surface area contributed by atoms with E-state index in [2.05, 4.69) is 5.10 Å². The van der Waals surface area contributed by atoms with E-state index in [4.69, 9.17) is 5.73 Å². The van der Waals surface area contributed by atoms with Crippen molar-refractivity contribution in [2.24, 2.45) is 5.73 Å². The van der Waals surface area contributed by atoms with Crippen LogP contribution in [0.15, 0.2) is 24.4 Å². The maximum atomic E-state index is 13.1. The summed E-state index contributed by atoms with van der Waals surface area (Å²) in [5.74, 6) is 0. The average molecular weight is 269 g/mol. The zero-order valence-electron chi connectivity index (χ0n) is 10.6. The van der Waals surface area contributed by atoms with Crippen LogP contribution in [0.4, 0.5) is 13.2 Å². The summed E-state index contributed by atoms with van der Waals surface area (Å²) in [6.45, 7) is 3.47. The molecule has 0 atom stereocenters. The van der Waals surface area contributed by atoms with Gasteiger partial charge in [0.15, 0.2) is 5.69 Å². The van der Waals surface area contributed by atoms with Crippen molar-refractivity contribution in [3.05, 3.63) is 46.8 Å². The Hall–Kier alpha value is -1.82. The van der Waals surface area contributed by atoms with Gasteiger partial charge >= 0.3 is 6.18 Å². The molecule has 2 aromatic rings. The lowest BCUT2D eigenvalue weighted by molar-refractivity contribution is -0.143. The third-order valence-corrected chi connectivity index (χ3v) is 2.78. The average Bonchev–Trinajstić information content (AvgIpc) is 2.70. The van der Waals surface area contributed by atoms with E-state index >= 15 is 0 Å². The molecule has 0 aliphatic rings. The van der Waals surface area contributed by atoms with Crippen molar-refractivity contribution in [2.75, 3.05) is 0 Å². The number of hydrogen-bond donors (Lipinski definition) is 1. The molecule has 3 nitrogen and oxygen atoms in total. The first-order valence-electron chi connectivity index (χ1n) is 5.75. The number of hydrogen-bond acceptors (Lipinski definition) is 2. The number of aromatic nitrogens is 2. The number of halogens is 3. The molecule has 2 N–H and O–H groups in total. The lowest BCUT2D eigenvalue weighted by Gasteiger charge is -2.13. The van der Waals surface area contributed by atoms with Gasteiger partial charge < -0.3 is 5.73 Å². The van der Waals surface area contributed by atoms with Gasteiger partial charge in [-0.15, -0.1) is 0 Å². The van der Waals surface area contributed by atoms with Gasteiger partial charge in [-0.25, -0.2) is 4.68 Å². The van der Waals surface area contributed by atoms with E-state index in [1.165, 1.54) is 6.20 Å². The van der Waals surface area contributed by atoms with Crippen LogP contribution in [-0.4, -0.2) is 9.78 Å². The minimum atomic E-state index is -4.48. The summed E-state index contributed by atoms with van der Waals surface area (Å²) in [4.78, 5) is 0. The van der Waals surface area contributed by atoms with E-state index in [1.807, 2.05) is 19.9 Å². The molecule has 102 valence electrons. The minimum absolute atomic E-state index is 0.00772. The summed E-state index contributed by atoms with van der Waals surface area (Å²) >= 11 is 0. The monoisotopic (exact) mass is 269 g/mol. The van der Waals surface area contributed by atoms with Crippen LogP contribution in [-0.2, 0) is 12.7 Å². The van der Waals surface area contributed by atoms with Crippen LogP contribution in [0.2, 0.25) is 0 Å². The Kier molecular flexibility index (Phi) is 3.36.